The Morgan fingerprint density at radius 2 is 2.32 bits per heavy atom. The summed E-state index contributed by atoms with van der Waals surface area (Å²) in [5.41, 5.74) is 0. The van der Waals surface area contributed by atoms with Gasteiger partial charge in [-0.25, -0.2) is 9.10 Å². The molecule has 2 rings (SSSR count). The maximum Gasteiger partial charge on any atom is 0.428 e. The van der Waals surface area contributed by atoms with Crippen LogP contribution in [0.5, 0.6) is 6.01 Å². The zero-order chi connectivity index (χ0) is 16.1. The van der Waals surface area contributed by atoms with E-state index in [2.05, 4.69) is 20.8 Å². The van der Waals surface area contributed by atoms with Crippen molar-refractivity contribution in [2.24, 2.45) is 7.05 Å². The first kappa shape index (κ1) is 16.7. The average molecular weight is 328 g/mol. The molecule has 0 unspecified atom stereocenters. The lowest BCUT2D eigenvalue weighted by Gasteiger charge is -2.22. The van der Waals surface area contributed by atoms with E-state index in [1.165, 1.54) is 20.9 Å². The van der Waals surface area contributed by atoms with Gasteiger partial charge in [-0.2, -0.15) is 4.68 Å². The number of aryl methyl sites for hydroxylation is 1. The van der Waals surface area contributed by atoms with Gasteiger partial charge in [-0.15, -0.1) is 0 Å². The fourth-order valence-corrected chi connectivity index (χ4v) is 2.88. The van der Waals surface area contributed by atoms with E-state index < -0.39 is 6.09 Å². The fourth-order valence-electron chi connectivity index (χ4n) is 2.05. The second kappa shape index (κ2) is 7.54. The first-order valence-electron chi connectivity index (χ1n) is 7.12. The van der Waals surface area contributed by atoms with Gasteiger partial charge in [0.15, 0.2) is 5.78 Å². The van der Waals surface area contributed by atoms with Crippen LogP contribution in [0.1, 0.15) is 26.7 Å². The highest BCUT2D eigenvalue weighted by Gasteiger charge is 2.28. The molecule has 1 aliphatic rings. The third kappa shape index (κ3) is 4.41. The van der Waals surface area contributed by atoms with Crippen LogP contribution in [0, 0.1) is 0 Å². The fraction of sp³-hybridized carbons (Fsp3) is 0.750. The normalized spacial score (nSPS) is 17.7. The van der Waals surface area contributed by atoms with E-state index in [1.807, 2.05) is 13.8 Å². The maximum absolute atomic E-state index is 12.3. The number of ketones is 1. The average Bonchev–Trinajstić information content (AvgIpc) is 3.10. The monoisotopic (exact) mass is 328 g/mol. The summed E-state index contributed by atoms with van der Waals surface area (Å²) in [6.07, 6.45) is 1.13. The van der Waals surface area contributed by atoms with E-state index in [4.69, 9.17) is 4.74 Å². The quantitative estimate of drug-likeness (QED) is 0.748. The van der Waals surface area contributed by atoms with Gasteiger partial charge in [-0.05, 0) is 41.8 Å². The van der Waals surface area contributed by atoms with Crippen molar-refractivity contribution in [3.05, 3.63) is 0 Å². The number of hydrogen-bond donors (Lipinski definition) is 1. The lowest BCUT2D eigenvalue weighted by atomic mass is 10.1. The zero-order valence-electron chi connectivity index (χ0n) is 12.9. The van der Waals surface area contributed by atoms with Crippen LogP contribution in [0.15, 0.2) is 0 Å². The van der Waals surface area contributed by atoms with Gasteiger partial charge in [0.2, 0.25) is 0 Å². The minimum absolute atomic E-state index is 0.00852. The van der Waals surface area contributed by atoms with Crippen LogP contribution in [-0.2, 0) is 11.8 Å². The largest absolute Gasteiger partial charge is 0.428 e. The number of carbonyl (C=O) groups is 2. The molecule has 1 aliphatic heterocycles. The van der Waals surface area contributed by atoms with Gasteiger partial charge < -0.3 is 10.1 Å². The number of nitrogens with one attached hydrogen (secondary N) is 1. The van der Waals surface area contributed by atoms with E-state index in [0.29, 0.717) is 0 Å². The first-order chi connectivity index (χ1) is 10.5. The lowest BCUT2D eigenvalue weighted by Crippen LogP contribution is -2.41. The van der Waals surface area contributed by atoms with Crippen molar-refractivity contribution in [2.45, 2.75) is 38.0 Å². The number of ether oxygens (including phenoxy) is 1. The van der Waals surface area contributed by atoms with E-state index in [0.717, 1.165) is 19.4 Å². The Kier molecular flexibility index (Phi) is 5.72. The molecule has 0 bridgehead atoms. The Labute approximate surface area is 132 Å². The molecule has 2 heterocycles. The van der Waals surface area contributed by atoms with Crippen LogP contribution >= 0.6 is 11.9 Å². The first-order valence-corrected chi connectivity index (χ1v) is 7.95. The van der Waals surface area contributed by atoms with Crippen molar-refractivity contribution in [2.75, 3.05) is 13.1 Å². The number of aromatic nitrogens is 4. The molecule has 1 aromatic rings. The van der Waals surface area contributed by atoms with Crippen molar-refractivity contribution < 1.29 is 14.3 Å². The summed E-state index contributed by atoms with van der Waals surface area (Å²) < 4.78 is 7.70. The number of tetrazole rings is 1. The number of rotatable bonds is 6. The maximum atomic E-state index is 12.3. The van der Waals surface area contributed by atoms with Crippen LogP contribution in [0.3, 0.4) is 0 Å². The number of nitrogens with zero attached hydrogens (tertiary/aromatic N) is 5. The highest BCUT2D eigenvalue weighted by atomic mass is 32.2. The molecule has 0 saturated carbocycles. The van der Waals surface area contributed by atoms with E-state index in [-0.39, 0.29) is 29.6 Å². The Morgan fingerprint density at radius 1 is 1.55 bits per heavy atom. The molecule has 0 radical (unpaired) electrons. The molecular weight excluding hydrogens is 308 g/mol. The molecule has 1 aromatic heterocycles. The third-order valence-corrected chi connectivity index (χ3v) is 4.00. The second-order valence-corrected chi connectivity index (χ2v) is 6.85. The summed E-state index contributed by atoms with van der Waals surface area (Å²) in [4.78, 5) is 24.5. The molecule has 1 amide bonds. The molecule has 0 spiro atoms. The van der Waals surface area contributed by atoms with Crippen molar-refractivity contribution in [3.8, 4) is 6.01 Å². The summed E-state index contributed by atoms with van der Waals surface area (Å²) in [5, 5.41) is 13.9. The van der Waals surface area contributed by atoms with Crippen LogP contribution in [0.25, 0.3) is 0 Å². The molecule has 0 aromatic carbocycles. The minimum atomic E-state index is -0.650. The van der Waals surface area contributed by atoms with Gasteiger partial charge in [-0.3, -0.25) is 4.79 Å². The second-order valence-electron chi connectivity index (χ2n) is 5.26. The Balaban J connectivity index is 1.99. The van der Waals surface area contributed by atoms with Gasteiger partial charge in [0.25, 0.3) is 0 Å². The van der Waals surface area contributed by atoms with Gasteiger partial charge in [0, 0.05) is 12.3 Å². The third-order valence-electron chi connectivity index (χ3n) is 3.05. The number of amides is 1. The summed E-state index contributed by atoms with van der Waals surface area (Å²) >= 11 is 1.25. The molecule has 10 heteroatoms. The standard InChI is InChI=1S/C12H20N6O3S/c1-8(2)22-18(7-10(19)9-5-4-6-13-9)12(20)21-11-14-15-16-17(11)3/h8-9,13H,4-7H2,1-3H3/t9-/m1/s1. The smallest absolute Gasteiger partial charge is 0.372 e. The van der Waals surface area contributed by atoms with Crippen LogP contribution in [0.2, 0.25) is 0 Å². The summed E-state index contributed by atoms with van der Waals surface area (Å²) in [5.74, 6) is -0.0151. The van der Waals surface area contributed by atoms with Gasteiger partial charge in [0.05, 0.1) is 12.6 Å². The van der Waals surface area contributed by atoms with E-state index in [9.17, 15) is 9.59 Å². The lowest BCUT2D eigenvalue weighted by molar-refractivity contribution is -0.120. The van der Waals surface area contributed by atoms with Crippen LogP contribution in [0.4, 0.5) is 4.79 Å². The summed E-state index contributed by atoms with van der Waals surface area (Å²) in [6.45, 7) is 4.70. The summed E-state index contributed by atoms with van der Waals surface area (Å²) in [7, 11) is 1.57. The molecular formula is C12H20N6O3S. The van der Waals surface area contributed by atoms with Crippen molar-refractivity contribution in [1.29, 1.82) is 0 Å². The topological polar surface area (TPSA) is 102 Å². The highest BCUT2D eigenvalue weighted by molar-refractivity contribution is 7.98. The van der Waals surface area contributed by atoms with Crippen LogP contribution in [-0.4, -0.2) is 60.8 Å². The molecule has 22 heavy (non-hydrogen) atoms. The molecule has 122 valence electrons. The van der Waals surface area contributed by atoms with Crippen LogP contribution < -0.4 is 10.1 Å². The molecule has 1 N–H and O–H groups in total. The zero-order valence-corrected chi connectivity index (χ0v) is 13.7. The molecule has 1 saturated heterocycles. The molecule has 0 aliphatic carbocycles. The van der Waals surface area contributed by atoms with Crippen molar-refractivity contribution in [1.82, 2.24) is 29.8 Å². The number of hydrogen-bond acceptors (Lipinski definition) is 8. The predicted octanol–water partition coefficient (Wildman–Crippen LogP) is 0.389. The molecule has 1 fully saturated rings. The number of carbonyl (C=O) groups excluding carboxylic acids is 2. The van der Waals surface area contributed by atoms with E-state index in [1.54, 1.807) is 7.05 Å². The Bertz CT molecular complexity index is 529. The van der Waals surface area contributed by atoms with Crippen molar-refractivity contribution in [3.63, 3.8) is 0 Å². The molecule has 1 atom stereocenters. The van der Waals surface area contributed by atoms with Crippen molar-refractivity contribution >= 4 is 23.8 Å². The summed E-state index contributed by atoms with van der Waals surface area (Å²) in [6, 6.07) is -0.189. The minimum Gasteiger partial charge on any atom is -0.372 e. The highest BCUT2D eigenvalue weighted by Crippen LogP contribution is 2.19. The van der Waals surface area contributed by atoms with Gasteiger partial charge >= 0.3 is 12.1 Å². The van der Waals surface area contributed by atoms with Gasteiger partial charge in [0.1, 0.15) is 0 Å². The number of Topliss-reactive ketones (excluding diaryl/α,β-unsaturated/α-hetero) is 1. The van der Waals surface area contributed by atoms with E-state index >= 15 is 0 Å². The predicted molar refractivity (Wildman–Crippen MR) is 80.3 cm³/mol. The molecule has 9 nitrogen and oxygen atoms in total. The SMILES string of the molecule is CC(C)SN(CC(=O)[C@H]1CCCN1)C(=O)Oc1nnnn1C. The Morgan fingerprint density at radius 3 is 2.86 bits per heavy atom. The van der Waals surface area contributed by atoms with Gasteiger partial charge in [-0.1, -0.05) is 18.9 Å². The Hall–Kier alpha value is -1.68.